The fourth-order valence-electron chi connectivity index (χ4n) is 4.80. The van der Waals surface area contributed by atoms with Crippen LogP contribution in [0.1, 0.15) is 68.6 Å². The Hall–Kier alpha value is -3.22. The molecule has 2 aromatic rings. The van der Waals surface area contributed by atoms with Gasteiger partial charge in [-0.1, -0.05) is 51.2 Å². The number of nitrogens with one attached hydrogen (secondary N) is 3. The van der Waals surface area contributed by atoms with Gasteiger partial charge >= 0.3 is 0 Å². The summed E-state index contributed by atoms with van der Waals surface area (Å²) in [4.78, 5) is 33.4. The minimum atomic E-state index is -0.649. The van der Waals surface area contributed by atoms with Crippen LogP contribution in [0.5, 0.6) is 0 Å². The molecule has 1 aliphatic carbocycles. The summed E-state index contributed by atoms with van der Waals surface area (Å²) in [6, 6.07) is 5.88. The number of anilines is 2. The summed E-state index contributed by atoms with van der Waals surface area (Å²) in [6.07, 6.45) is 17.1. The molecule has 2 amide bonds. The first-order chi connectivity index (χ1) is 16.1. The number of carbonyl (C=O) groups excluding carboxylic acids is 2. The molecule has 7 nitrogen and oxygen atoms in total. The Bertz CT molecular complexity index is 1040. The summed E-state index contributed by atoms with van der Waals surface area (Å²) in [7, 11) is 0. The van der Waals surface area contributed by atoms with E-state index in [1.165, 1.54) is 44.9 Å². The van der Waals surface area contributed by atoms with E-state index in [0.717, 1.165) is 28.8 Å². The van der Waals surface area contributed by atoms with Crippen molar-refractivity contribution in [3.63, 3.8) is 0 Å². The monoisotopic (exact) mass is 447 g/mol. The van der Waals surface area contributed by atoms with Crippen molar-refractivity contribution in [3.8, 4) is 0 Å². The number of hydrogen-bond donors (Lipinski definition) is 3. The summed E-state index contributed by atoms with van der Waals surface area (Å²) in [5, 5.41) is 8.91. The lowest BCUT2D eigenvalue weighted by atomic mass is 9.80. The Labute approximate surface area is 195 Å². The smallest absolute Gasteiger partial charge is 0.243 e. The second kappa shape index (κ2) is 10.6. The van der Waals surface area contributed by atoms with E-state index in [1.54, 1.807) is 6.20 Å². The van der Waals surface area contributed by atoms with Gasteiger partial charge in [-0.2, -0.15) is 0 Å². The first kappa shape index (κ1) is 23.0. The van der Waals surface area contributed by atoms with Crippen molar-refractivity contribution >= 4 is 23.3 Å². The van der Waals surface area contributed by atoms with E-state index in [9.17, 15) is 9.59 Å². The lowest BCUT2D eigenvalue weighted by Gasteiger charge is -2.19. The van der Waals surface area contributed by atoms with Crippen LogP contribution < -0.4 is 16.0 Å². The number of carbonyl (C=O) groups is 2. The van der Waals surface area contributed by atoms with Crippen molar-refractivity contribution in [1.82, 2.24) is 15.3 Å². The zero-order chi connectivity index (χ0) is 23.1. The quantitative estimate of drug-likeness (QED) is 0.447. The summed E-state index contributed by atoms with van der Waals surface area (Å²) >= 11 is 0. The van der Waals surface area contributed by atoms with Crippen molar-refractivity contribution in [2.24, 2.45) is 0 Å². The van der Waals surface area contributed by atoms with Crippen LogP contribution in [0.15, 0.2) is 43.0 Å². The fraction of sp³-hybridized carbons (Fsp3) is 0.462. The molecule has 0 saturated carbocycles. The molecule has 0 radical (unpaired) electrons. The minimum absolute atomic E-state index is 0.0308. The van der Waals surface area contributed by atoms with Crippen LogP contribution in [0.2, 0.25) is 0 Å². The number of amides is 2. The van der Waals surface area contributed by atoms with Crippen LogP contribution in [0.4, 0.5) is 11.5 Å². The Morgan fingerprint density at radius 1 is 1.15 bits per heavy atom. The van der Waals surface area contributed by atoms with E-state index < -0.39 is 5.41 Å². The van der Waals surface area contributed by atoms with Crippen molar-refractivity contribution < 1.29 is 9.59 Å². The average Bonchev–Trinajstić information content (AvgIpc) is 3.32. The zero-order valence-electron chi connectivity index (χ0n) is 19.3. The van der Waals surface area contributed by atoms with E-state index in [-0.39, 0.29) is 18.4 Å². The molecular formula is C26H33N5O2. The molecule has 7 heteroatoms. The van der Waals surface area contributed by atoms with Gasteiger partial charge in [-0.25, -0.2) is 9.97 Å². The fourth-order valence-corrected chi connectivity index (χ4v) is 4.80. The maximum absolute atomic E-state index is 12.8. The molecule has 1 spiro atoms. The van der Waals surface area contributed by atoms with Crippen molar-refractivity contribution in [2.45, 2.75) is 70.1 Å². The minimum Gasteiger partial charge on any atom is -0.382 e. The second-order valence-corrected chi connectivity index (χ2v) is 9.05. The lowest BCUT2D eigenvalue weighted by Crippen LogP contribution is -2.35. The SMILES string of the molecule is CCCCCCCC/C=C\NCC(=O)Nc1ccc2c(c1)CC1(C2)C(=O)Nc2ncncc21. The van der Waals surface area contributed by atoms with Gasteiger partial charge in [-0.05, 0) is 55.1 Å². The van der Waals surface area contributed by atoms with Crippen molar-refractivity contribution in [2.75, 3.05) is 17.2 Å². The predicted octanol–water partition coefficient (Wildman–Crippen LogP) is 4.26. The summed E-state index contributed by atoms with van der Waals surface area (Å²) < 4.78 is 0. The molecule has 1 aromatic carbocycles. The molecule has 3 N–H and O–H groups in total. The van der Waals surface area contributed by atoms with Gasteiger partial charge in [0.05, 0.1) is 12.0 Å². The number of rotatable bonds is 11. The van der Waals surface area contributed by atoms with Gasteiger partial charge in [0.15, 0.2) is 0 Å². The highest BCUT2D eigenvalue weighted by Gasteiger charge is 2.51. The molecule has 0 fully saturated rings. The number of aromatic nitrogens is 2. The van der Waals surface area contributed by atoms with E-state index in [4.69, 9.17) is 0 Å². The van der Waals surface area contributed by atoms with E-state index in [2.05, 4.69) is 38.9 Å². The molecule has 2 aliphatic rings. The molecule has 0 bridgehead atoms. The highest BCUT2D eigenvalue weighted by Crippen LogP contribution is 2.46. The third-order valence-electron chi connectivity index (χ3n) is 6.59. The second-order valence-electron chi connectivity index (χ2n) is 9.05. The van der Waals surface area contributed by atoms with Crippen LogP contribution in [-0.2, 0) is 27.8 Å². The highest BCUT2D eigenvalue weighted by atomic mass is 16.2. The average molecular weight is 448 g/mol. The number of fused-ring (bicyclic) bond motifs is 3. The normalized spacial score (nSPS) is 18.4. The van der Waals surface area contributed by atoms with E-state index in [0.29, 0.717) is 18.7 Å². The summed E-state index contributed by atoms with van der Waals surface area (Å²) in [5.74, 6) is 0.480. The Morgan fingerprint density at radius 3 is 2.85 bits per heavy atom. The van der Waals surface area contributed by atoms with Gasteiger partial charge < -0.3 is 16.0 Å². The number of unbranched alkanes of at least 4 members (excludes halogenated alkanes) is 6. The number of hydrogen-bond acceptors (Lipinski definition) is 5. The van der Waals surface area contributed by atoms with E-state index in [1.807, 2.05) is 24.4 Å². The molecule has 174 valence electrons. The van der Waals surface area contributed by atoms with Crippen LogP contribution >= 0.6 is 0 Å². The van der Waals surface area contributed by atoms with Crippen LogP contribution in [0.3, 0.4) is 0 Å². The molecule has 4 rings (SSSR count). The molecule has 1 aliphatic heterocycles. The molecule has 0 saturated heterocycles. The number of benzene rings is 1. The van der Waals surface area contributed by atoms with Gasteiger partial charge in [0.25, 0.3) is 0 Å². The van der Waals surface area contributed by atoms with Gasteiger partial charge in [0, 0.05) is 17.4 Å². The largest absolute Gasteiger partial charge is 0.382 e. The lowest BCUT2D eigenvalue weighted by molar-refractivity contribution is -0.120. The third-order valence-corrected chi connectivity index (χ3v) is 6.59. The highest BCUT2D eigenvalue weighted by molar-refractivity contribution is 6.06. The first-order valence-electron chi connectivity index (χ1n) is 12.0. The summed E-state index contributed by atoms with van der Waals surface area (Å²) in [5.41, 5.74) is 3.15. The zero-order valence-corrected chi connectivity index (χ0v) is 19.3. The van der Waals surface area contributed by atoms with Crippen molar-refractivity contribution in [3.05, 3.63) is 59.7 Å². The van der Waals surface area contributed by atoms with Crippen LogP contribution in [0.25, 0.3) is 0 Å². The van der Waals surface area contributed by atoms with Gasteiger partial charge in [0.1, 0.15) is 12.1 Å². The molecule has 1 aromatic heterocycles. The standard InChI is InChI=1S/C26H33N5O2/c1-2-3-4-5-6-7-8-9-12-27-17-23(32)30-21-11-10-19-14-26(15-20(19)13-21)22-16-28-18-29-24(22)31-25(26)33/h9-13,16,18,27H,2-8,14-15,17H2,1H3,(H,30,32)(H,28,29,31,33)/b12-9-. The van der Waals surface area contributed by atoms with Gasteiger partial charge in [-0.15, -0.1) is 0 Å². The molecule has 1 unspecified atom stereocenters. The Kier molecular flexibility index (Phi) is 7.37. The predicted molar refractivity (Wildman–Crippen MR) is 130 cm³/mol. The molecular weight excluding hydrogens is 414 g/mol. The van der Waals surface area contributed by atoms with Gasteiger partial charge in [0.2, 0.25) is 11.8 Å². The summed E-state index contributed by atoms with van der Waals surface area (Å²) in [6.45, 7) is 2.45. The molecule has 2 heterocycles. The van der Waals surface area contributed by atoms with Crippen molar-refractivity contribution in [1.29, 1.82) is 0 Å². The molecule has 33 heavy (non-hydrogen) atoms. The first-order valence-corrected chi connectivity index (χ1v) is 12.0. The number of nitrogens with zero attached hydrogens (tertiary/aromatic N) is 2. The maximum atomic E-state index is 12.8. The van der Waals surface area contributed by atoms with Crippen LogP contribution in [-0.4, -0.2) is 28.3 Å². The Balaban J connectivity index is 1.24. The van der Waals surface area contributed by atoms with Crippen LogP contribution in [0, 0.1) is 0 Å². The maximum Gasteiger partial charge on any atom is 0.243 e. The third kappa shape index (κ3) is 5.24. The topological polar surface area (TPSA) is 96.0 Å². The molecule has 1 atom stereocenters. The Morgan fingerprint density at radius 2 is 1.97 bits per heavy atom. The van der Waals surface area contributed by atoms with Gasteiger partial charge in [-0.3, -0.25) is 9.59 Å². The van der Waals surface area contributed by atoms with E-state index >= 15 is 0 Å². The number of allylic oxidation sites excluding steroid dienone is 1.